The number of nitrogens with zero attached hydrogens (tertiary/aromatic N) is 2. The second-order valence-electron chi connectivity index (χ2n) is 9.31. The smallest absolute Gasteiger partial charge is 0.242 e. The summed E-state index contributed by atoms with van der Waals surface area (Å²) in [5, 5.41) is 3.40. The maximum absolute atomic E-state index is 13.4. The highest BCUT2D eigenvalue weighted by molar-refractivity contribution is 7.92. The molecule has 2 atom stereocenters. The first-order valence-corrected chi connectivity index (χ1v) is 14.5. The van der Waals surface area contributed by atoms with Gasteiger partial charge in [-0.25, -0.2) is 8.42 Å². The molecular formula is C27H38ClN3O4S. The number of carbonyl (C=O) groups is 2. The molecule has 0 bridgehead atoms. The van der Waals surface area contributed by atoms with Crippen LogP contribution in [-0.4, -0.2) is 50.0 Å². The van der Waals surface area contributed by atoms with E-state index in [1.165, 1.54) is 4.31 Å². The van der Waals surface area contributed by atoms with Crippen LogP contribution in [0.5, 0.6) is 0 Å². The Morgan fingerprint density at radius 3 is 2.33 bits per heavy atom. The minimum absolute atomic E-state index is 0.000353. The first kappa shape index (κ1) is 29.6. The number of benzene rings is 2. The zero-order valence-electron chi connectivity index (χ0n) is 22.0. The van der Waals surface area contributed by atoms with Crippen LogP contribution in [-0.2, 0) is 26.2 Å². The molecule has 2 aromatic rings. The van der Waals surface area contributed by atoms with Crippen molar-refractivity contribution in [2.45, 2.75) is 72.5 Å². The highest BCUT2D eigenvalue weighted by Crippen LogP contribution is 2.27. The molecule has 0 aromatic heterocycles. The summed E-state index contributed by atoms with van der Waals surface area (Å²) in [6, 6.07) is 12.2. The molecule has 2 unspecified atom stereocenters. The lowest BCUT2D eigenvalue weighted by Gasteiger charge is -2.30. The summed E-state index contributed by atoms with van der Waals surface area (Å²) < 4.78 is 26.4. The number of hydrogen-bond acceptors (Lipinski definition) is 4. The molecule has 0 heterocycles. The molecule has 198 valence electrons. The number of aryl methyl sites for hydroxylation is 2. The number of rotatable bonds is 12. The highest BCUT2D eigenvalue weighted by Gasteiger charge is 2.27. The van der Waals surface area contributed by atoms with Crippen LogP contribution in [0.4, 0.5) is 5.69 Å². The van der Waals surface area contributed by atoms with E-state index in [2.05, 4.69) is 5.32 Å². The number of carbonyl (C=O) groups excluding carboxylic acids is 2. The molecule has 2 amide bonds. The van der Waals surface area contributed by atoms with Gasteiger partial charge in [0, 0.05) is 30.6 Å². The normalized spacial score (nSPS) is 13.1. The van der Waals surface area contributed by atoms with E-state index < -0.39 is 16.1 Å². The fraction of sp³-hybridized carbons (Fsp3) is 0.481. The summed E-state index contributed by atoms with van der Waals surface area (Å²) in [7, 11) is -3.59. The van der Waals surface area contributed by atoms with Gasteiger partial charge in [0.1, 0.15) is 6.04 Å². The van der Waals surface area contributed by atoms with Crippen molar-refractivity contribution in [3.63, 3.8) is 0 Å². The van der Waals surface area contributed by atoms with Crippen LogP contribution in [0.2, 0.25) is 5.02 Å². The van der Waals surface area contributed by atoms with Gasteiger partial charge in [0.15, 0.2) is 0 Å². The van der Waals surface area contributed by atoms with Crippen LogP contribution in [0.3, 0.4) is 0 Å². The van der Waals surface area contributed by atoms with Crippen molar-refractivity contribution in [1.29, 1.82) is 0 Å². The van der Waals surface area contributed by atoms with Crippen molar-refractivity contribution >= 4 is 39.1 Å². The van der Waals surface area contributed by atoms with E-state index in [1.807, 2.05) is 52.0 Å². The Kier molecular flexibility index (Phi) is 10.8. The Labute approximate surface area is 220 Å². The van der Waals surface area contributed by atoms with Crippen LogP contribution in [0.25, 0.3) is 0 Å². The standard InChI is InChI=1S/C27H38ClN3O4S/c1-7-21(4)29-27(33)22(5)30(18-23-12-9-8-11-19(23)2)26(32)13-10-16-31(36(6,34)35)25-17-24(28)15-14-20(25)3/h8-9,11-12,14-15,17,21-22H,7,10,13,16,18H2,1-6H3,(H,29,33). The maximum atomic E-state index is 13.4. The highest BCUT2D eigenvalue weighted by atomic mass is 35.5. The fourth-order valence-corrected chi connectivity index (χ4v) is 5.03. The molecule has 0 aliphatic carbocycles. The molecule has 2 aromatic carbocycles. The monoisotopic (exact) mass is 535 g/mol. The SMILES string of the molecule is CCC(C)NC(=O)C(C)N(Cc1ccccc1C)C(=O)CCCN(c1cc(Cl)ccc1C)S(C)(=O)=O. The van der Waals surface area contributed by atoms with Crippen molar-refractivity contribution in [2.75, 3.05) is 17.1 Å². The van der Waals surface area contributed by atoms with Gasteiger partial charge in [-0.15, -0.1) is 0 Å². The Bertz CT molecular complexity index is 1170. The van der Waals surface area contributed by atoms with Gasteiger partial charge in [-0.05, 0) is 69.4 Å². The number of nitrogens with one attached hydrogen (secondary N) is 1. The van der Waals surface area contributed by atoms with Crippen molar-refractivity contribution in [3.8, 4) is 0 Å². The maximum Gasteiger partial charge on any atom is 0.242 e. The second kappa shape index (κ2) is 13.1. The predicted molar refractivity (Wildman–Crippen MR) is 147 cm³/mol. The van der Waals surface area contributed by atoms with Crippen LogP contribution >= 0.6 is 11.6 Å². The lowest BCUT2D eigenvalue weighted by Crippen LogP contribution is -2.49. The Hall–Kier alpha value is -2.58. The van der Waals surface area contributed by atoms with Gasteiger partial charge in [-0.1, -0.05) is 48.9 Å². The number of halogens is 1. The Balaban J connectivity index is 2.22. The number of anilines is 1. The average Bonchev–Trinajstić information content (AvgIpc) is 2.81. The summed E-state index contributed by atoms with van der Waals surface area (Å²) in [6.07, 6.45) is 2.32. The lowest BCUT2D eigenvalue weighted by molar-refractivity contribution is -0.140. The van der Waals surface area contributed by atoms with E-state index in [9.17, 15) is 18.0 Å². The van der Waals surface area contributed by atoms with Crippen molar-refractivity contribution in [1.82, 2.24) is 10.2 Å². The van der Waals surface area contributed by atoms with Gasteiger partial charge >= 0.3 is 0 Å². The molecule has 0 aliphatic heterocycles. The van der Waals surface area contributed by atoms with Gasteiger partial charge in [0.2, 0.25) is 21.8 Å². The molecule has 0 saturated heterocycles. The topological polar surface area (TPSA) is 86.8 Å². The fourth-order valence-electron chi connectivity index (χ4n) is 3.85. The molecular weight excluding hydrogens is 498 g/mol. The van der Waals surface area contributed by atoms with Crippen molar-refractivity contribution in [2.24, 2.45) is 0 Å². The Morgan fingerprint density at radius 1 is 1.06 bits per heavy atom. The van der Waals surface area contributed by atoms with E-state index in [1.54, 1.807) is 30.0 Å². The minimum Gasteiger partial charge on any atom is -0.352 e. The van der Waals surface area contributed by atoms with Gasteiger partial charge in [-0.3, -0.25) is 13.9 Å². The second-order valence-corrected chi connectivity index (χ2v) is 11.7. The zero-order chi connectivity index (χ0) is 27.0. The summed E-state index contributed by atoms with van der Waals surface area (Å²) in [4.78, 5) is 27.9. The molecule has 0 saturated carbocycles. The van der Waals surface area contributed by atoms with E-state index in [0.717, 1.165) is 29.4 Å². The third-order valence-corrected chi connectivity index (χ3v) is 7.78. The third kappa shape index (κ3) is 8.23. The summed E-state index contributed by atoms with van der Waals surface area (Å²) >= 11 is 6.12. The summed E-state index contributed by atoms with van der Waals surface area (Å²) in [6.45, 7) is 9.85. The molecule has 0 radical (unpaired) electrons. The average molecular weight is 536 g/mol. The molecule has 7 nitrogen and oxygen atoms in total. The van der Waals surface area contributed by atoms with Crippen LogP contribution in [0.1, 0.15) is 56.7 Å². The van der Waals surface area contributed by atoms with Crippen LogP contribution in [0, 0.1) is 13.8 Å². The first-order valence-electron chi connectivity index (χ1n) is 12.2. The number of sulfonamides is 1. The van der Waals surface area contributed by atoms with Crippen molar-refractivity contribution < 1.29 is 18.0 Å². The van der Waals surface area contributed by atoms with Gasteiger partial charge < -0.3 is 10.2 Å². The van der Waals surface area contributed by atoms with Gasteiger partial charge in [0.25, 0.3) is 0 Å². The first-order chi connectivity index (χ1) is 16.8. The van der Waals surface area contributed by atoms with Crippen molar-refractivity contribution in [3.05, 3.63) is 64.2 Å². The summed E-state index contributed by atoms with van der Waals surface area (Å²) in [5.41, 5.74) is 3.26. The van der Waals surface area contributed by atoms with Crippen LogP contribution in [0.15, 0.2) is 42.5 Å². The number of hydrogen-bond donors (Lipinski definition) is 1. The van der Waals surface area contributed by atoms with E-state index in [-0.39, 0.29) is 30.8 Å². The molecule has 1 N–H and O–H groups in total. The zero-order valence-corrected chi connectivity index (χ0v) is 23.6. The van der Waals surface area contributed by atoms with E-state index in [4.69, 9.17) is 11.6 Å². The molecule has 36 heavy (non-hydrogen) atoms. The van der Waals surface area contributed by atoms with E-state index >= 15 is 0 Å². The largest absolute Gasteiger partial charge is 0.352 e. The van der Waals surface area contributed by atoms with Gasteiger partial charge in [-0.2, -0.15) is 0 Å². The number of amides is 2. The molecule has 0 fully saturated rings. The molecule has 9 heteroatoms. The molecule has 0 aliphatic rings. The Morgan fingerprint density at radius 2 is 1.72 bits per heavy atom. The van der Waals surface area contributed by atoms with E-state index in [0.29, 0.717) is 23.7 Å². The third-order valence-electron chi connectivity index (χ3n) is 6.36. The quantitative estimate of drug-likeness (QED) is 0.421. The predicted octanol–water partition coefficient (Wildman–Crippen LogP) is 4.84. The summed E-state index contributed by atoms with van der Waals surface area (Å²) in [5.74, 6) is -0.417. The molecule has 0 spiro atoms. The van der Waals surface area contributed by atoms with Gasteiger partial charge in [0.05, 0.1) is 11.9 Å². The lowest BCUT2D eigenvalue weighted by atomic mass is 10.1. The minimum atomic E-state index is -3.59. The van der Waals surface area contributed by atoms with Crippen LogP contribution < -0.4 is 9.62 Å². The molecule has 2 rings (SSSR count).